The van der Waals surface area contributed by atoms with Crippen LogP contribution in [0.5, 0.6) is 0 Å². The van der Waals surface area contributed by atoms with Crippen molar-refractivity contribution in [3.8, 4) is 0 Å². The lowest BCUT2D eigenvalue weighted by Gasteiger charge is -2.07. The first-order chi connectivity index (χ1) is 7.59. The van der Waals surface area contributed by atoms with Crippen LogP contribution < -0.4 is 5.73 Å². The molecule has 1 aromatic heterocycles. The molecule has 0 aliphatic rings. The molecule has 1 atom stereocenters. The molecule has 1 unspecified atom stereocenters. The number of rotatable bonds is 3. The van der Waals surface area contributed by atoms with Crippen molar-refractivity contribution in [3.63, 3.8) is 0 Å². The van der Waals surface area contributed by atoms with Gasteiger partial charge in [-0.1, -0.05) is 12.1 Å². The van der Waals surface area contributed by atoms with Crippen LogP contribution in [0.1, 0.15) is 5.56 Å². The van der Waals surface area contributed by atoms with Gasteiger partial charge in [0.2, 0.25) is 0 Å². The summed E-state index contributed by atoms with van der Waals surface area (Å²) in [7, 11) is 0. The number of aliphatic carboxylic acids is 1. The van der Waals surface area contributed by atoms with Gasteiger partial charge >= 0.3 is 5.97 Å². The Labute approximate surface area is 101 Å². The number of nitrogens with two attached hydrogens (primary N) is 1. The first-order valence-corrected chi connectivity index (χ1v) is 5.61. The van der Waals surface area contributed by atoms with Crippen molar-refractivity contribution in [2.45, 2.75) is 12.5 Å². The summed E-state index contributed by atoms with van der Waals surface area (Å²) in [5.74, 6) is -0.983. The summed E-state index contributed by atoms with van der Waals surface area (Å²) < 4.78 is 0.927. The highest BCUT2D eigenvalue weighted by atomic mass is 79.9. The topological polar surface area (TPSA) is 79.1 Å². The Bertz CT molecular complexity index is 536. The molecule has 0 bridgehead atoms. The average Bonchev–Trinajstić information content (AvgIpc) is 2.61. The van der Waals surface area contributed by atoms with Gasteiger partial charge in [-0.3, -0.25) is 4.79 Å². The predicted octanol–water partition coefficient (Wildman–Crippen LogP) is 1.88. The SMILES string of the molecule is NC(Cc1cccc2[nH]cc(Br)c12)C(=O)O. The number of aromatic nitrogens is 1. The Morgan fingerprint density at radius 1 is 1.56 bits per heavy atom. The van der Waals surface area contributed by atoms with E-state index in [4.69, 9.17) is 10.8 Å². The van der Waals surface area contributed by atoms with Crippen molar-refractivity contribution in [2.75, 3.05) is 0 Å². The van der Waals surface area contributed by atoms with Crippen molar-refractivity contribution in [1.29, 1.82) is 0 Å². The Kier molecular flexibility index (Phi) is 2.98. The van der Waals surface area contributed by atoms with Crippen LogP contribution >= 0.6 is 15.9 Å². The van der Waals surface area contributed by atoms with Gasteiger partial charge in [-0.25, -0.2) is 0 Å². The maximum absolute atomic E-state index is 10.7. The minimum atomic E-state index is -0.983. The molecule has 2 aromatic rings. The van der Waals surface area contributed by atoms with Gasteiger partial charge in [0.05, 0.1) is 0 Å². The Hall–Kier alpha value is -1.33. The van der Waals surface area contributed by atoms with Gasteiger partial charge in [-0.15, -0.1) is 0 Å². The van der Waals surface area contributed by atoms with Crippen LogP contribution in [0.3, 0.4) is 0 Å². The van der Waals surface area contributed by atoms with Crippen LogP contribution in [0, 0.1) is 0 Å². The molecule has 4 N–H and O–H groups in total. The van der Waals surface area contributed by atoms with Crippen LogP contribution in [-0.4, -0.2) is 22.1 Å². The number of fused-ring (bicyclic) bond motifs is 1. The second kappa shape index (κ2) is 4.27. The van der Waals surface area contributed by atoms with Gasteiger partial charge in [0, 0.05) is 21.6 Å². The molecule has 5 heteroatoms. The smallest absolute Gasteiger partial charge is 0.320 e. The number of carboxylic acids is 1. The Morgan fingerprint density at radius 2 is 2.31 bits per heavy atom. The summed E-state index contributed by atoms with van der Waals surface area (Å²) in [5.41, 5.74) is 7.44. The van der Waals surface area contributed by atoms with Crippen molar-refractivity contribution in [3.05, 3.63) is 34.4 Å². The van der Waals surface area contributed by atoms with Crippen molar-refractivity contribution in [2.24, 2.45) is 5.73 Å². The van der Waals surface area contributed by atoms with Crippen molar-refractivity contribution >= 4 is 32.8 Å². The van der Waals surface area contributed by atoms with Crippen LogP contribution in [0.4, 0.5) is 0 Å². The molecule has 0 fully saturated rings. The zero-order valence-electron chi connectivity index (χ0n) is 8.40. The molecule has 4 nitrogen and oxygen atoms in total. The first kappa shape index (κ1) is 11.2. The second-order valence-electron chi connectivity index (χ2n) is 3.63. The van der Waals surface area contributed by atoms with Gasteiger partial charge in [0.25, 0.3) is 0 Å². The van der Waals surface area contributed by atoms with Gasteiger partial charge < -0.3 is 15.8 Å². The largest absolute Gasteiger partial charge is 0.480 e. The molecule has 0 amide bonds. The lowest BCUT2D eigenvalue weighted by atomic mass is 10.0. The van der Waals surface area contributed by atoms with Crippen LogP contribution in [-0.2, 0) is 11.2 Å². The molecular formula is C11H11BrN2O2. The molecule has 1 heterocycles. The monoisotopic (exact) mass is 282 g/mol. The van der Waals surface area contributed by atoms with Gasteiger partial charge in [-0.05, 0) is 34.0 Å². The highest BCUT2D eigenvalue weighted by Gasteiger charge is 2.15. The minimum absolute atomic E-state index is 0.323. The predicted molar refractivity (Wildman–Crippen MR) is 65.3 cm³/mol. The summed E-state index contributed by atoms with van der Waals surface area (Å²) in [6.07, 6.45) is 2.16. The number of H-pyrrole nitrogens is 1. The van der Waals surface area contributed by atoms with E-state index >= 15 is 0 Å². The number of carboxylic acid groups (broad SMARTS) is 1. The molecule has 0 aliphatic carbocycles. The second-order valence-corrected chi connectivity index (χ2v) is 4.48. The van der Waals surface area contributed by atoms with Crippen molar-refractivity contribution < 1.29 is 9.90 Å². The van der Waals surface area contributed by atoms with E-state index in [1.807, 2.05) is 24.4 Å². The van der Waals surface area contributed by atoms with Gasteiger partial charge in [0.1, 0.15) is 6.04 Å². The van der Waals surface area contributed by atoms with E-state index in [1.165, 1.54) is 0 Å². The molecule has 84 valence electrons. The number of benzene rings is 1. The van der Waals surface area contributed by atoms with E-state index < -0.39 is 12.0 Å². The van der Waals surface area contributed by atoms with E-state index in [9.17, 15) is 4.79 Å². The Balaban J connectivity index is 2.44. The standard InChI is InChI=1S/C11H11BrN2O2/c12-7-5-14-9-3-1-2-6(10(7)9)4-8(13)11(15)16/h1-3,5,8,14H,4,13H2,(H,15,16). The number of hydrogen-bond donors (Lipinski definition) is 3. The van der Waals surface area contributed by atoms with Crippen LogP contribution in [0.25, 0.3) is 10.9 Å². The highest BCUT2D eigenvalue weighted by Crippen LogP contribution is 2.27. The number of nitrogens with one attached hydrogen (secondary N) is 1. The fourth-order valence-corrected chi connectivity index (χ4v) is 2.29. The average molecular weight is 283 g/mol. The van der Waals surface area contributed by atoms with E-state index in [0.29, 0.717) is 6.42 Å². The third-order valence-electron chi connectivity index (χ3n) is 2.50. The molecule has 0 saturated carbocycles. The number of halogens is 1. The highest BCUT2D eigenvalue weighted by molar-refractivity contribution is 9.10. The van der Waals surface area contributed by atoms with E-state index in [-0.39, 0.29) is 0 Å². The normalized spacial score (nSPS) is 12.9. The number of carbonyl (C=O) groups is 1. The quantitative estimate of drug-likeness (QED) is 0.804. The zero-order valence-corrected chi connectivity index (χ0v) is 9.99. The lowest BCUT2D eigenvalue weighted by Crippen LogP contribution is -2.32. The molecule has 0 saturated heterocycles. The van der Waals surface area contributed by atoms with Crippen molar-refractivity contribution in [1.82, 2.24) is 4.98 Å². The maximum atomic E-state index is 10.7. The summed E-state index contributed by atoms with van der Waals surface area (Å²) in [5, 5.41) is 9.79. The fourth-order valence-electron chi connectivity index (χ4n) is 1.71. The third kappa shape index (κ3) is 1.96. The number of hydrogen-bond acceptors (Lipinski definition) is 2. The van der Waals surface area contributed by atoms with Gasteiger partial charge in [-0.2, -0.15) is 0 Å². The molecule has 0 aliphatic heterocycles. The van der Waals surface area contributed by atoms with Crippen LogP contribution in [0.2, 0.25) is 0 Å². The van der Waals surface area contributed by atoms with E-state index in [2.05, 4.69) is 20.9 Å². The first-order valence-electron chi connectivity index (χ1n) is 4.82. The Morgan fingerprint density at radius 3 is 3.00 bits per heavy atom. The fraction of sp³-hybridized carbons (Fsp3) is 0.182. The number of aromatic amines is 1. The molecule has 0 radical (unpaired) electrons. The molecular weight excluding hydrogens is 272 g/mol. The van der Waals surface area contributed by atoms with E-state index in [0.717, 1.165) is 20.9 Å². The third-order valence-corrected chi connectivity index (χ3v) is 3.13. The van der Waals surface area contributed by atoms with Crippen LogP contribution in [0.15, 0.2) is 28.9 Å². The summed E-state index contributed by atoms with van der Waals surface area (Å²) in [4.78, 5) is 13.8. The summed E-state index contributed by atoms with van der Waals surface area (Å²) >= 11 is 3.43. The summed E-state index contributed by atoms with van der Waals surface area (Å²) in [6, 6.07) is 4.85. The molecule has 2 rings (SSSR count). The molecule has 1 aromatic carbocycles. The minimum Gasteiger partial charge on any atom is -0.480 e. The lowest BCUT2D eigenvalue weighted by molar-refractivity contribution is -0.138. The van der Waals surface area contributed by atoms with E-state index in [1.54, 1.807) is 0 Å². The maximum Gasteiger partial charge on any atom is 0.320 e. The molecule has 16 heavy (non-hydrogen) atoms. The van der Waals surface area contributed by atoms with Gasteiger partial charge in [0.15, 0.2) is 0 Å². The summed E-state index contributed by atoms with van der Waals surface area (Å²) in [6.45, 7) is 0. The zero-order chi connectivity index (χ0) is 11.7. The molecule has 0 spiro atoms.